The average Bonchev–Trinajstić information content (AvgIpc) is 2.68. The Morgan fingerprint density at radius 3 is 1.96 bits per heavy atom. The van der Waals surface area contributed by atoms with E-state index in [0.717, 1.165) is 43.2 Å². The van der Waals surface area contributed by atoms with Crippen molar-refractivity contribution in [3.63, 3.8) is 0 Å². The molecule has 2 aromatic rings. The van der Waals surface area contributed by atoms with Crippen LogP contribution in [-0.4, -0.2) is 56.5 Å². The Balaban J connectivity index is 1.46. The largest absolute Gasteiger partial charge is 0.376 e. The van der Waals surface area contributed by atoms with Crippen molar-refractivity contribution in [2.75, 3.05) is 60.6 Å². The lowest BCUT2D eigenvalue weighted by Gasteiger charge is -2.34. The molecule has 0 spiro atoms. The smallest absolute Gasteiger partial charge is 0.243 e. The Kier molecular flexibility index (Phi) is 6.49. The highest BCUT2D eigenvalue weighted by molar-refractivity contribution is 5.94. The molecule has 1 aliphatic rings. The fourth-order valence-corrected chi connectivity index (χ4v) is 3.08. The molecule has 0 radical (unpaired) electrons. The van der Waals surface area contributed by atoms with Crippen LogP contribution in [0.5, 0.6) is 0 Å². The monoisotopic (exact) mass is 381 g/mol. The number of benzene rings is 2. The summed E-state index contributed by atoms with van der Waals surface area (Å²) in [6, 6.07) is 15.2. The summed E-state index contributed by atoms with van der Waals surface area (Å²) in [6.45, 7) is 5.81. The number of carbonyl (C=O) groups is 2. The highest BCUT2D eigenvalue weighted by Gasteiger charge is 2.14. The molecule has 0 bridgehead atoms. The minimum Gasteiger partial charge on any atom is -0.376 e. The van der Waals surface area contributed by atoms with Gasteiger partial charge < -0.3 is 25.8 Å². The van der Waals surface area contributed by atoms with Gasteiger partial charge in [-0.05, 0) is 55.6 Å². The fraction of sp³-hybridized carbons (Fsp3) is 0.333. The van der Waals surface area contributed by atoms with Gasteiger partial charge in [-0.1, -0.05) is 0 Å². The maximum absolute atomic E-state index is 12.2. The number of likely N-dealkylation sites (N-methyl/N-ethyl adjacent to an activating group) is 1. The van der Waals surface area contributed by atoms with Crippen LogP contribution in [0.1, 0.15) is 6.92 Å². The van der Waals surface area contributed by atoms with Crippen LogP contribution in [0.25, 0.3) is 0 Å². The third kappa shape index (κ3) is 5.72. The molecule has 0 aliphatic carbocycles. The third-order valence-electron chi connectivity index (χ3n) is 4.68. The first-order valence-electron chi connectivity index (χ1n) is 9.44. The van der Waals surface area contributed by atoms with Gasteiger partial charge in [0.15, 0.2) is 0 Å². The first-order valence-corrected chi connectivity index (χ1v) is 9.44. The van der Waals surface area contributed by atoms with Crippen molar-refractivity contribution in [1.82, 2.24) is 4.90 Å². The molecule has 0 atom stereocenters. The van der Waals surface area contributed by atoms with Crippen LogP contribution in [0.2, 0.25) is 0 Å². The Morgan fingerprint density at radius 1 is 0.821 bits per heavy atom. The number of nitrogens with zero attached hydrogens (tertiary/aromatic N) is 2. The molecule has 28 heavy (non-hydrogen) atoms. The first-order chi connectivity index (χ1) is 13.5. The van der Waals surface area contributed by atoms with Crippen LogP contribution in [0.15, 0.2) is 48.5 Å². The normalized spacial score (nSPS) is 14.4. The van der Waals surface area contributed by atoms with Gasteiger partial charge >= 0.3 is 0 Å². The van der Waals surface area contributed by atoms with E-state index in [4.69, 9.17) is 0 Å². The standard InChI is InChI=1S/C21H27N5O2/c1-16(27)23-18-5-3-17(4-6-18)22-15-21(28)24-19-7-9-20(10-8-19)26-13-11-25(2)12-14-26/h3-10,22H,11-15H2,1-2H3,(H,23,27)(H,24,28). The minimum atomic E-state index is -0.113. The predicted molar refractivity (Wildman–Crippen MR) is 114 cm³/mol. The van der Waals surface area contributed by atoms with Crippen molar-refractivity contribution >= 4 is 34.6 Å². The second-order valence-electron chi connectivity index (χ2n) is 7.00. The zero-order valence-corrected chi connectivity index (χ0v) is 16.4. The second-order valence-corrected chi connectivity index (χ2v) is 7.00. The number of piperazine rings is 1. The molecule has 2 amide bonds. The van der Waals surface area contributed by atoms with Gasteiger partial charge in [0, 0.05) is 55.9 Å². The highest BCUT2D eigenvalue weighted by atomic mass is 16.2. The van der Waals surface area contributed by atoms with Gasteiger partial charge in [0.25, 0.3) is 0 Å². The van der Waals surface area contributed by atoms with Crippen molar-refractivity contribution in [3.8, 4) is 0 Å². The lowest BCUT2D eigenvalue weighted by Crippen LogP contribution is -2.44. The summed E-state index contributed by atoms with van der Waals surface area (Å²) in [7, 11) is 2.14. The quantitative estimate of drug-likeness (QED) is 0.717. The van der Waals surface area contributed by atoms with E-state index in [0.29, 0.717) is 0 Å². The molecule has 3 N–H and O–H groups in total. The zero-order chi connectivity index (χ0) is 19.9. The molecule has 148 valence electrons. The van der Waals surface area contributed by atoms with E-state index in [1.54, 1.807) is 12.1 Å². The zero-order valence-electron chi connectivity index (χ0n) is 16.4. The number of hydrogen-bond donors (Lipinski definition) is 3. The molecular weight excluding hydrogens is 354 g/mol. The van der Waals surface area contributed by atoms with Crippen LogP contribution in [0.3, 0.4) is 0 Å². The summed E-state index contributed by atoms with van der Waals surface area (Å²) in [5.74, 6) is -0.225. The van der Waals surface area contributed by atoms with Gasteiger partial charge in [0.1, 0.15) is 0 Å². The summed E-state index contributed by atoms with van der Waals surface area (Å²) in [6.07, 6.45) is 0. The van der Waals surface area contributed by atoms with Crippen molar-refractivity contribution in [3.05, 3.63) is 48.5 Å². The molecule has 7 nitrogen and oxygen atoms in total. The molecule has 1 heterocycles. The number of carbonyl (C=O) groups excluding carboxylic acids is 2. The van der Waals surface area contributed by atoms with E-state index in [1.807, 2.05) is 24.3 Å². The fourth-order valence-electron chi connectivity index (χ4n) is 3.08. The summed E-state index contributed by atoms with van der Waals surface area (Å²) >= 11 is 0. The topological polar surface area (TPSA) is 76.7 Å². The number of nitrogens with one attached hydrogen (secondary N) is 3. The Labute approximate surface area is 165 Å². The Hall–Kier alpha value is -3.06. The molecule has 0 unspecified atom stereocenters. The first kappa shape index (κ1) is 19.7. The number of hydrogen-bond acceptors (Lipinski definition) is 5. The summed E-state index contributed by atoms with van der Waals surface area (Å²) in [5, 5.41) is 8.68. The molecular formula is C21H27N5O2. The van der Waals surface area contributed by atoms with Crippen LogP contribution in [-0.2, 0) is 9.59 Å². The van der Waals surface area contributed by atoms with E-state index in [1.165, 1.54) is 12.6 Å². The van der Waals surface area contributed by atoms with Crippen LogP contribution >= 0.6 is 0 Å². The highest BCUT2D eigenvalue weighted by Crippen LogP contribution is 2.19. The Bertz CT molecular complexity index is 797. The second kappa shape index (κ2) is 9.23. The van der Waals surface area contributed by atoms with E-state index >= 15 is 0 Å². The van der Waals surface area contributed by atoms with E-state index in [2.05, 4.69) is 44.9 Å². The van der Waals surface area contributed by atoms with Crippen LogP contribution in [0.4, 0.5) is 22.7 Å². The molecule has 1 fully saturated rings. The number of anilines is 4. The third-order valence-corrected chi connectivity index (χ3v) is 4.68. The predicted octanol–water partition coefficient (Wildman–Crippen LogP) is 2.45. The van der Waals surface area contributed by atoms with E-state index < -0.39 is 0 Å². The molecule has 3 rings (SSSR count). The van der Waals surface area contributed by atoms with Gasteiger partial charge in [-0.2, -0.15) is 0 Å². The SMILES string of the molecule is CC(=O)Nc1ccc(NCC(=O)Nc2ccc(N3CCN(C)CC3)cc2)cc1. The van der Waals surface area contributed by atoms with Crippen LogP contribution in [0, 0.1) is 0 Å². The average molecular weight is 381 g/mol. The van der Waals surface area contributed by atoms with Gasteiger partial charge in [0.05, 0.1) is 6.54 Å². The lowest BCUT2D eigenvalue weighted by molar-refractivity contribution is -0.115. The molecule has 0 aromatic heterocycles. The van der Waals surface area contributed by atoms with Crippen molar-refractivity contribution in [1.29, 1.82) is 0 Å². The van der Waals surface area contributed by atoms with Crippen molar-refractivity contribution < 1.29 is 9.59 Å². The molecule has 1 saturated heterocycles. The minimum absolute atomic E-state index is 0.112. The Morgan fingerprint density at radius 2 is 1.36 bits per heavy atom. The van der Waals surface area contributed by atoms with Gasteiger partial charge in [-0.3, -0.25) is 9.59 Å². The van der Waals surface area contributed by atoms with Crippen molar-refractivity contribution in [2.24, 2.45) is 0 Å². The van der Waals surface area contributed by atoms with Gasteiger partial charge in [-0.15, -0.1) is 0 Å². The summed E-state index contributed by atoms with van der Waals surface area (Å²) in [4.78, 5) is 27.9. The maximum Gasteiger partial charge on any atom is 0.243 e. The van der Waals surface area contributed by atoms with Crippen molar-refractivity contribution in [2.45, 2.75) is 6.92 Å². The molecule has 2 aromatic carbocycles. The molecule has 0 saturated carbocycles. The van der Waals surface area contributed by atoms with E-state index in [9.17, 15) is 9.59 Å². The summed E-state index contributed by atoms with van der Waals surface area (Å²) < 4.78 is 0. The van der Waals surface area contributed by atoms with Gasteiger partial charge in [0.2, 0.25) is 11.8 Å². The maximum atomic E-state index is 12.2. The lowest BCUT2D eigenvalue weighted by atomic mass is 10.2. The molecule has 1 aliphatic heterocycles. The number of rotatable bonds is 6. The van der Waals surface area contributed by atoms with Gasteiger partial charge in [-0.25, -0.2) is 0 Å². The number of amides is 2. The summed E-state index contributed by atoms with van der Waals surface area (Å²) in [5.41, 5.74) is 3.51. The van der Waals surface area contributed by atoms with Crippen LogP contribution < -0.4 is 20.9 Å². The molecule has 7 heteroatoms. The van der Waals surface area contributed by atoms with E-state index in [-0.39, 0.29) is 18.4 Å².